The lowest BCUT2D eigenvalue weighted by molar-refractivity contribution is -0.138. The Morgan fingerprint density at radius 3 is 2.95 bits per heavy atom. The summed E-state index contributed by atoms with van der Waals surface area (Å²) in [6.07, 6.45) is 6.70. The van der Waals surface area contributed by atoms with Gasteiger partial charge >= 0.3 is 5.97 Å². The van der Waals surface area contributed by atoms with Crippen molar-refractivity contribution in [3.05, 3.63) is 53.7 Å². The van der Waals surface area contributed by atoms with Crippen LogP contribution >= 0.6 is 0 Å². The molecule has 1 aliphatic heterocycles. The Balaban J connectivity index is 1.31. The van der Waals surface area contributed by atoms with Crippen molar-refractivity contribution in [2.75, 3.05) is 50.5 Å². The number of aryl methyl sites for hydroxylation is 2. The second kappa shape index (κ2) is 13.3. The van der Waals surface area contributed by atoms with E-state index >= 15 is 0 Å². The Hall–Kier alpha value is -3.37. The molecule has 0 amide bonds. The number of ether oxygens (including phenoxy) is 1. The van der Waals surface area contributed by atoms with E-state index in [4.69, 9.17) is 9.72 Å². The van der Waals surface area contributed by atoms with Gasteiger partial charge in [0, 0.05) is 37.8 Å². The first-order valence-electron chi connectivity index (χ1n) is 12.9. The fraction of sp³-hybridized carbons (Fsp3) is 0.481. The number of hydrogen-bond donors (Lipinski definition) is 3. The predicted molar refractivity (Wildman–Crippen MR) is 141 cm³/mol. The molecule has 0 radical (unpaired) electrons. The van der Waals surface area contributed by atoms with Crippen molar-refractivity contribution in [2.24, 2.45) is 0 Å². The number of aliphatic carboxylic acids is 1. The molecule has 4 rings (SSSR count). The number of nitrogens with zero attached hydrogens (tertiary/aromatic N) is 4. The molecule has 1 unspecified atom stereocenters. The first kappa shape index (κ1) is 26.7. The molecule has 1 aromatic carbocycles. The van der Waals surface area contributed by atoms with Gasteiger partial charge in [-0.25, -0.2) is 24.1 Å². The number of benzene rings is 1. The highest BCUT2D eigenvalue weighted by Gasteiger charge is 2.21. The number of carboxylic acid groups (broad SMARTS) is 1. The van der Waals surface area contributed by atoms with Crippen molar-refractivity contribution in [3.63, 3.8) is 0 Å². The van der Waals surface area contributed by atoms with E-state index in [0.29, 0.717) is 37.3 Å². The van der Waals surface area contributed by atoms with Crippen molar-refractivity contribution >= 4 is 28.5 Å². The summed E-state index contributed by atoms with van der Waals surface area (Å²) in [5.74, 6) is -0.117. The summed E-state index contributed by atoms with van der Waals surface area (Å²) in [5, 5.41) is 16.7. The smallest absolute Gasteiger partial charge is 0.326 e. The normalized spacial score (nSPS) is 13.8. The maximum atomic E-state index is 14.1. The fourth-order valence-corrected chi connectivity index (χ4v) is 4.61. The fourth-order valence-electron chi connectivity index (χ4n) is 4.61. The minimum absolute atomic E-state index is 0.162. The molecule has 37 heavy (non-hydrogen) atoms. The van der Waals surface area contributed by atoms with Crippen LogP contribution in [0, 0.1) is 5.82 Å². The number of anilines is 2. The highest BCUT2D eigenvalue weighted by Crippen LogP contribution is 2.23. The molecule has 1 atom stereocenters. The highest BCUT2D eigenvalue weighted by atomic mass is 19.1. The third-order valence-corrected chi connectivity index (χ3v) is 6.68. The van der Waals surface area contributed by atoms with Crippen molar-refractivity contribution in [1.29, 1.82) is 0 Å². The summed E-state index contributed by atoms with van der Waals surface area (Å²) in [4.78, 5) is 27.2. The number of carboxylic acids is 1. The third kappa shape index (κ3) is 7.33. The summed E-state index contributed by atoms with van der Waals surface area (Å²) in [6.45, 7) is 3.67. The van der Waals surface area contributed by atoms with Crippen molar-refractivity contribution < 1.29 is 19.0 Å². The van der Waals surface area contributed by atoms with E-state index in [1.165, 1.54) is 18.0 Å². The summed E-state index contributed by atoms with van der Waals surface area (Å²) in [6, 6.07) is 7.99. The topological polar surface area (TPSA) is 113 Å². The van der Waals surface area contributed by atoms with Crippen LogP contribution < -0.4 is 10.6 Å². The Bertz CT molecular complexity index is 1190. The average molecular weight is 511 g/mol. The lowest BCUT2D eigenvalue weighted by Gasteiger charge is -2.24. The first-order chi connectivity index (χ1) is 18.0. The lowest BCUT2D eigenvalue weighted by Crippen LogP contribution is -2.37. The van der Waals surface area contributed by atoms with Crippen molar-refractivity contribution in [3.8, 4) is 0 Å². The number of nitrogens with one attached hydrogen (secondary N) is 2. The van der Waals surface area contributed by atoms with Gasteiger partial charge in [-0.05, 0) is 68.8 Å². The van der Waals surface area contributed by atoms with E-state index in [2.05, 4.69) is 37.6 Å². The number of halogens is 1. The van der Waals surface area contributed by atoms with Gasteiger partial charge in [0.15, 0.2) is 0 Å². The molecule has 0 aliphatic carbocycles. The van der Waals surface area contributed by atoms with E-state index in [9.17, 15) is 14.3 Å². The molecular formula is C27H35FN6O3. The van der Waals surface area contributed by atoms with Gasteiger partial charge in [0.1, 0.15) is 35.3 Å². The van der Waals surface area contributed by atoms with E-state index in [1.54, 1.807) is 19.2 Å². The monoisotopic (exact) mass is 510 g/mol. The Morgan fingerprint density at radius 1 is 1.22 bits per heavy atom. The summed E-state index contributed by atoms with van der Waals surface area (Å²) in [7, 11) is 1.66. The minimum Gasteiger partial charge on any atom is -0.480 e. The molecule has 0 spiro atoms. The Kier molecular flexibility index (Phi) is 9.56. The van der Waals surface area contributed by atoms with Gasteiger partial charge < -0.3 is 25.4 Å². The van der Waals surface area contributed by atoms with Gasteiger partial charge in [-0.1, -0.05) is 12.1 Å². The molecule has 1 aliphatic rings. The molecule has 3 N–H and O–H groups in total. The first-order valence-corrected chi connectivity index (χ1v) is 12.9. The number of fused-ring (bicyclic) bond motifs is 2. The Labute approximate surface area is 216 Å². The summed E-state index contributed by atoms with van der Waals surface area (Å²) < 4.78 is 19.4. The molecule has 2 aromatic heterocycles. The van der Waals surface area contributed by atoms with Gasteiger partial charge in [-0.2, -0.15) is 0 Å². The standard InChI is InChI=1S/C27H35FN6O3/c1-37-17-16-34(14-3-2-7-20-11-10-19-6-5-13-29-25(19)32-20)15-12-23(27(35)36)33-26-21-8-4-9-22(28)24(21)30-18-31-26/h4,8-11,18,23H,2-3,5-7,12-17H2,1H3,(H,29,32)(H,35,36)(H,30,31,33). The number of rotatable bonds is 14. The van der Waals surface area contributed by atoms with E-state index < -0.39 is 17.8 Å². The molecule has 3 heterocycles. The Morgan fingerprint density at radius 2 is 2.11 bits per heavy atom. The van der Waals surface area contributed by atoms with Gasteiger partial charge in [0.05, 0.1) is 6.61 Å². The van der Waals surface area contributed by atoms with Gasteiger partial charge in [-0.3, -0.25) is 0 Å². The number of hydrogen-bond acceptors (Lipinski definition) is 8. The van der Waals surface area contributed by atoms with Gasteiger partial charge in [0.25, 0.3) is 0 Å². The maximum absolute atomic E-state index is 14.1. The zero-order chi connectivity index (χ0) is 26.0. The molecule has 0 saturated heterocycles. The van der Waals surface area contributed by atoms with Crippen LogP contribution in [-0.2, 0) is 22.4 Å². The van der Waals surface area contributed by atoms with Crippen LogP contribution in [0.25, 0.3) is 10.9 Å². The third-order valence-electron chi connectivity index (χ3n) is 6.68. The molecule has 3 aromatic rings. The predicted octanol–water partition coefficient (Wildman–Crippen LogP) is 3.75. The second-order valence-electron chi connectivity index (χ2n) is 9.31. The van der Waals surface area contributed by atoms with Crippen molar-refractivity contribution in [2.45, 2.75) is 44.6 Å². The molecule has 0 fully saturated rings. The zero-order valence-corrected chi connectivity index (χ0v) is 21.3. The van der Waals surface area contributed by atoms with Gasteiger partial charge in [-0.15, -0.1) is 0 Å². The van der Waals surface area contributed by atoms with Crippen molar-refractivity contribution in [1.82, 2.24) is 19.9 Å². The van der Waals surface area contributed by atoms with Crippen LogP contribution in [0.3, 0.4) is 0 Å². The highest BCUT2D eigenvalue weighted by molar-refractivity contribution is 5.90. The van der Waals surface area contributed by atoms with E-state index in [1.807, 2.05) is 0 Å². The average Bonchev–Trinajstić information content (AvgIpc) is 2.91. The molecule has 0 bridgehead atoms. The summed E-state index contributed by atoms with van der Waals surface area (Å²) >= 11 is 0. The molecule has 10 heteroatoms. The van der Waals surface area contributed by atoms with Crippen LogP contribution in [0.1, 0.15) is 36.9 Å². The van der Waals surface area contributed by atoms with Crippen LogP contribution in [0.2, 0.25) is 0 Å². The summed E-state index contributed by atoms with van der Waals surface area (Å²) in [5.41, 5.74) is 2.55. The van der Waals surface area contributed by atoms with E-state index in [0.717, 1.165) is 56.7 Å². The zero-order valence-electron chi connectivity index (χ0n) is 21.3. The largest absolute Gasteiger partial charge is 0.480 e. The molecule has 9 nitrogen and oxygen atoms in total. The van der Waals surface area contributed by atoms with Gasteiger partial charge in [0.2, 0.25) is 0 Å². The minimum atomic E-state index is -0.984. The molecule has 198 valence electrons. The van der Waals surface area contributed by atoms with Crippen LogP contribution in [-0.4, -0.2) is 76.9 Å². The SMILES string of the molecule is COCCN(CCCCc1ccc2c(n1)NCCC2)CCC(Nc1ncnc2c(F)cccc12)C(=O)O. The quantitative estimate of drug-likeness (QED) is 0.279. The number of carbonyl (C=O) groups is 1. The van der Waals surface area contributed by atoms with Crippen LogP contribution in [0.5, 0.6) is 0 Å². The number of pyridine rings is 1. The second-order valence-corrected chi connectivity index (χ2v) is 9.31. The number of para-hydroxylation sites is 1. The maximum Gasteiger partial charge on any atom is 0.326 e. The number of methoxy groups -OCH3 is 1. The number of aromatic nitrogens is 3. The van der Waals surface area contributed by atoms with Crippen LogP contribution in [0.4, 0.5) is 16.0 Å². The van der Waals surface area contributed by atoms with Crippen LogP contribution in [0.15, 0.2) is 36.7 Å². The van der Waals surface area contributed by atoms with E-state index in [-0.39, 0.29) is 5.52 Å². The lowest BCUT2D eigenvalue weighted by atomic mass is 10.1. The number of unbranched alkanes of at least 4 members (excludes halogenated alkanes) is 1. The molecular weight excluding hydrogens is 475 g/mol. The molecule has 0 saturated carbocycles.